The molecule has 8 nitrogen and oxygen atoms in total. The Morgan fingerprint density at radius 3 is 2.57 bits per heavy atom. The molecule has 35 heavy (non-hydrogen) atoms. The minimum atomic E-state index is -0.288. The Morgan fingerprint density at radius 2 is 1.86 bits per heavy atom. The average Bonchev–Trinajstić information content (AvgIpc) is 3.31. The molecule has 0 radical (unpaired) electrons. The van der Waals surface area contributed by atoms with E-state index in [0.717, 1.165) is 27.6 Å². The molecule has 0 aliphatic rings. The highest BCUT2D eigenvalue weighted by Crippen LogP contribution is 2.28. The summed E-state index contributed by atoms with van der Waals surface area (Å²) in [5.41, 5.74) is 6.01. The fourth-order valence-corrected chi connectivity index (χ4v) is 4.00. The van der Waals surface area contributed by atoms with Gasteiger partial charge in [-0.05, 0) is 47.0 Å². The van der Waals surface area contributed by atoms with Crippen LogP contribution < -0.4 is 14.9 Å². The third-order valence-corrected chi connectivity index (χ3v) is 6.16. The maximum absolute atomic E-state index is 12.4. The second-order valence-corrected chi connectivity index (χ2v) is 8.54. The van der Waals surface area contributed by atoms with Gasteiger partial charge < -0.3 is 14.0 Å². The number of ether oxygens (including phenoxy) is 2. The van der Waals surface area contributed by atoms with Crippen LogP contribution in [0.4, 0.5) is 0 Å². The third-order valence-electron chi connectivity index (χ3n) is 5.06. The van der Waals surface area contributed by atoms with E-state index in [2.05, 4.69) is 20.7 Å². The SMILES string of the molecule is COc1cc(/C=N/NC(=O)c2ccc(CSc3nncn3C)cc2)ccc1OCc1ccccc1. The van der Waals surface area contributed by atoms with Gasteiger partial charge >= 0.3 is 0 Å². The highest BCUT2D eigenvalue weighted by molar-refractivity contribution is 7.98. The number of nitrogens with one attached hydrogen (secondary N) is 1. The number of benzene rings is 3. The Balaban J connectivity index is 1.30. The molecule has 1 heterocycles. The molecule has 0 saturated carbocycles. The van der Waals surface area contributed by atoms with E-state index in [1.807, 2.05) is 66.2 Å². The normalized spacial score (nSPS) is 10.9. The van der Waals surface area contributed by atoms with E-state index in [1.165, 1.54) is 0 Å². The lowest BCUT2D eigenvalue weighted by Gasteiger charge is -2.11. The van der Waals surface area contributed by atoms with Gasteiger partial charge in [0.15, 0.2) is 16.7 Å². The molecule has 0 spiro atoms. The maximum atomic E-state index is 12.4. The van der Waals surface area contributed by atoms with E-state index in [9.17, 15) is 4.79 Å². The molecule has 1 aromatic heterocycles. The van der Waals surface area contributed by atoms with Gasteiger partial charge in [-0.15, -0.1) is 10.2 Å². The molecule has 9 heteroatoms. The van der Waals surface area contributed by atoms with Crippen molar-refractivity contribution in [2.24, 2.45) is 12.1 Å². The number of hydrogen-bond donors (Lipinski definition) is 1. The molecule has 0 bridgehead atoms. The summed E-state index contributed by atoms with van der Waals surface area (Å²) < 4.78 is 13.2. The number of thioether (sulfide) groups is 1. The predicted octanol–water partition coefficient (Wildman–Crippen LogP) is 4.46. The highest BCUT2D eigenvalue weighted by atomic mass is 32.2. The molecular weight excluding hydrogens is 462 g/mol. The molecule has 0 fully saturated rings. The molecule has 0 aliphatic carbocycles. The van der Waals surface area contributed by atoms with Gasteiger partial charge in [-0.25, -0.2) is 5.43 Å². The van der Waals surface area contributed by atoms with Crippen LogP contribution in [0.3, 0.4) is 0 Å². The first kappa shape index (κ1) is 24.0. The largest absolute Gasteiger partial charge is 0.493 e. The lowest BCUT2D eigenvalue weighted by atomic mass is 10.1. The van der Waals surface area contributed by atoms with Crippen molar-refractivity contribution in [3.63, 3.8) is 0 Å². The average molecular weight is 488 g/mol. The number of aryl methyl sites for hydroxylation is 1. The van der Waals surface area contributed by atoms with Gasteiger partial charge in [-0.2, -0.15) is 5.10 Å². The van der Waals surface area contributed by atoms with Crippen LogP contribution in [-0.4, -0.2) is 34.0 Å². The molecule has 0 atom stereocenters. The molecule has 1 amide bonds. The fourth-order valence-electron chi connectivity index (χ4n) is 3.15. The first-order chi connectivity index (χ1) is 17.1. The number of carbonyl (C=O) groups excluding carboxylic acids is 1. The minimum absolute atomic E-state index is 0.288. The second kappa shape index (κ2) is 11.8. The summed E-state index contributed by atoms with van der Waals surface area (Å²) in [6.45, 7) is 0.443. The van der Waals surface area contributed by atoms with Crippen molar-refractivity contribution in [1.82, 2.24) is 20.2 Å². The summed E-state index contributed by atoms with van der Waals surface area (Å²) in [6, 6.07) is 22.8. The van der Waals surface area contributed by atoms with E-state index in [0.29, 0.717) is 23.7 Å². The Morgan fingerprint density at radius 1 is 1.06 bits per heavy atom. The standard InChI is InChI=1S/C26H25N5O3S/c1-31-18-28-30-26(31)35-17-20-8-11-22(12-9-20)25(32)29-27-15-21-10-13-23(24(14-21)33-2)34-16-19-6-4-3-5-7-19/h3-15,18H,16-17H2,1-2H3,(H,29,32)/b27-15+. The highest BCUT2D eigenvalue weighted by Gasteiger charge is 2.08. The van der Waals surface area contributed by atoms with Crippen LogP contribution in [0.1, 0.15) is 27.0 Å². The monoisotopic (exact) mass is 487 g/mol. The number of nitrogens with zero attached hydrogens (tertiary/aromatic N) is 4. The van der Waals surface area contributed by atoms with Gasteiger partial charge in [0.25, 0.3) is 5.91 Å². The molecule has 178 valence electrons. The number of rotatable bonds is 10. The first-order valence-electron chi connectivity index (χ1n) is 10.9. The van der Waals surface area contributed by atoms with Crippen molar-refractivity contribution in [1.29, 1.82) is 0 Å². The van der Waals surface area contributed by atoms with Gasteiger partial charge in [0.2, 0.25) is 0 Å². The molecule has 0 saturated heterocycles. The van der Waals surface area contributed by atoms with Gasteiger partial charge in [-0.3, -0.25) is 4.79 Å². The van der Waals surface area contributed by atoms with Gasteiger partial charge in [-0.1, -0.05) is 54.2 Å². The van der Waals surface area contributed by atoms with Crippen LogP contribution in [0.2, 0.25) is 0 Å². The van der Waals surface area contributed by atoms with Gasteiger partial charge in [0.1, 0.15) is 12.9 Å². The number of aromatic nitrogens is 3. The lowest BCUT2D eigenvalue weighted by Crippen LogP contribution is -2.17. The van der Waals surface area contributed by atoms with Crippen molar-refractivity contribution >= 4 is 23.9 Å². The van der Waals surface area contributed by atoms with E-state index >= 15 is 0 Å². The van der Waals surface area contributed by atoms with E-state index in [-0.39, 0.29) is 5.91 Å². The molecule has 3 aromatic carbocycles. The molecule has 1 N–H and O–H groups in total. The van der Waals surface area contributed by atoms with E-state index in [4.69, 9.17) is 9.47 Å². The third kappa shape index (κ3) is 6.70. The van der Waals surface area contributed by atoms with Crippen LogP contribution in [0.15, 0.2) is 89.4 Å². The van der Waals surface area contributed by atoms with Gasteiger partial charge in [0, 0.05) is 18.4 Å². The van der Waals surface area contributed by atoms with E-state index in [1.54, 1.807) is 49.6 Å². The smallest absolute Gasteiger partial charge is 0.271 e. The van der Waals surface area contributed by atoms with Crippen LogP contribution in [0.25, 0.3) is 0 Å². The number of amides is 1. The topological polar surface area (TPSA) is 90.6 Å². The van der Waals surface area contributed by atoms with Crippen LogP contribution in [0, 0.1) is 0 Å². The van der Waals surface area contributed by atoms with Crippen molar-refractivity contribution < 1.29 is 14.3 Å². The van der Waals surface area contributed by atoms with Crippen molar-refractivity contribution in [2.75, 3.05) is 7.11 Å². The Kier molecular flexibility index (Phi) is 8.13. The van der Waals surface area contributed by atoms with Crippen molar-refractivity contribution in [3.05, 3.63) is 101 Å². The van der Waals surface area contributed by atoms with Gasteiger partial charge in [0.05, 0.1) is 13.3 Å². The summed E-state index contributed by atoms with van der Waals surface area (Å²) in [4.78, 5) is 12.4. The summed E-state index contributed by atoms with van der Waals surface area (Å²) in [5.74, 6) is 1.67. The van der Waals surface area contributed by atoms with Crippen LogP contribution >= 0.6 is 11.8 Å². The van der Waals surface area contributed by atoms with Crippen molar-refractivity contribution in [3.8, 4) is 11.5 Å². The fraction of sp³-hybridized carbons (Fsp3) is 0.154. The quantitative estimate of drug-likeness (QED) is 0.202. The lowest BCUT2D eigenvalue weighted by molar-refractivity contribution is 0.0955. The summed E-state index contributed by atoms with van der Waals surface area (Å²) in [5, 5.41) is 12.8. The first-order valence-corrected chi connectivity index (χ1v) is 11.8. The van der Waals surface area contributed by atoms with E-state index < -0.39 is 0 Å². The summed E-state index contributed by atoms with van der Waals surface area (Å²) >= 11 is 1.58. The molecule has 4 rings (SSSR count). The Bertz CT molecular complexity index is 1290. The zero-order valence-electron chi connectivity index (χ0n) is 19.4. The molecule has 0 aliphatic heterocycles. The number of carbonyl (C=O) groups is 1. The summed E-state index contributed by atoms with van der Waals surface area (Å²) in [7, 11) is 3.49. The molecule has 0 unspecified atom stereocenters. The molecular formula is C26H25N5O3S. The Labute approximate surface area is 208 Å². The van der Waals surface area contributed by atoms with Crippen LogP contribution in [-0.2, 0) is 19.4 Å². The second-order valence-electron chi connectivity index (χ2n) is 7.59. The minimum Gasteiger partial charge on any atom is -0.493 e. The zero-order valence-corrected chi connectivity index (χ0v) is 20.2. The van der Waals surface area contributed by atoms with Crippen LogP contribution in [0.5, 0.6) is 11.5 Å². The van der Waals surface area contributed by atoms with Crippen molar-refractivity contribution in [2.45, 2.75) is 17.5 Å². The summed E-state index contributed by atoms with van der Waals surface area (Å²) in [6.07, 6.45) is 3.23. The number of hydrogen-bond acceptors (Lipinski definition) is 7. The number of hydrazone groups is 1. The Hall–Kier alpha value is -4.11. The predicted molar refractivity (Wildman–Crippen MR) is 136 cm³/mol. The number of methoxy groups -OCH3 is 1. The zero-order chi connectivity index (χ0) is 24.5. The maximum Gasteiger partial charge on any atom is 0.271 e. The molecule has 4 aromatic rings.